The van der Waals surface area contributed by atoms with E-state index in [0.717, 1.165) is 18.8 Å². The van der Waals surface area contributed by atoms with Crippen LogP contribution in [0.2, 0.25) is 0 Å². The van der Waals surface area contributed by atoms with Gasteiger partial charge in [-0.2, -0.15) is 0 Å². The molecule has 3 nitrogen and oxygen atoms in total. The van der Waals surface area contributed by atoms with Gasteiger partial charge in [-0.25, -0.2) is 4.98 Å². The Morgan fingerprint density at radius 2 is 2.00 bits per heavy atom. The average molecular weight is 221 g/mol. The topological polar surface area (TPSA) is 40.7 Å². The third-order valence-corrected chi connectivity index (χ3v) is 3.39. The normalized spacial score (nSPS) is 21.8. The van der Waals surface area contributed by atoms with Crippen LogP contribution in [0.15, 0.2) is 0 Å². The number of hydrogen-bond acceptors (Lipinski definition) is 2. The minimum atomic E-state index is 0.194. The molecular weight excluding hydrogens is 198 g/mol. The van der Waals surface area contributed by atoms with Gasteiger partial charge in [0.1, 0.15) is 5.82 Å². The molecule has 0 fully saturated rings. The first-order valence-corrected chi connectivity index (χ1v) is 6.07. The van der Waals surface area contributed by atoms with Crippen molar-refractivity contribution in [2.75, 3.05) is 7.05 Å². The average Bonchev–Trinajstić information content (AvgIpc) is 2.45. The molecule has 0 amide bonds. The summed E-state index contributed by atoms with van der Waals surface area (Å²) in [6.07, 6.45) is 2.32. The molecule has 1 heterocycles. The molecule has 2 N–H and O–H groups in total. The van der Waals surface area contributed by atoms with Gasteiger partial charge in [0.05, 0.1) is 12.2 Å². The summed E-state index contributed by atoms with van der Waals surface area (Å²) in [5, 5.41) is 3.15. The van der Waals surface area contributed by atoms with E-state index in [1.54, 1.807) is 0 Å². The Morgan fingerprint density at radius 1 is 1.31 bits per heavy atom. The van der Waals surface area contributed by atoms with Crippen LogP contribution >= 0.6 is 0 Å². The Labute approximate surface area is 98.1 Å². The molecule has 1 aliphatic rings. The van der Waals surface area contributed by atoms with Crippen molar-refractivity contribution in [1.29, 1.82) is 0 Å². The Kier molecular flexibility index (Phi) is 2.61. The van der Waals surface area contributed by atoms with E-state index in [1.165, 1.54) is 17.8 Å². The van der Waals surface area contributed by atoms with Crippen LogP contribution in [-0.2, 0) is 18.4 Å². The number of nitrogens with zero attached hydrogens (tertiary/aromatic N) is 1. The van der Waals surface area contributed by atoms with Crippen LogP contribution in [0.4, 0.5) is 0 Å². The molecule has 0 aromatic carbocycles. The van der Waals surface area contributed by atoms with E-state index in [2.05, 4.69) is 38.0 Å². The maximum absolute atomic E-state index is 4.74. The van der Waals surface area contributed by atoms with Crippen LogP contribution in [-0.4, -0.2) is 17.0 Å². The van der Waals surface area contributed by atoms with Gasteiger partial charge in [0, 0.05) is 11.1 Å². The van der Waals surface area contributed by atoms with Gasteiger partial charge in [0.2, 0.25) is 0 Å². The predicted molar refractivity (Wildman–Crippen MR) is 66.5 cm³/mol. The lowest BCUT2D eigenvalue weighted by molar-refractivity contribution is 0.226. The molecule has 0 unspecified atom stereocenters. The van der Waals surface area contributed by atoms with Crippen LogP contribution in [0.3, 0.4) is 0 Å². The summed E-state index contributed by atoms with van der Waals surface area (Å²) in [4.78, 5) is 8.21. The third-order valence-electron chi connectivity index (χ3n) is 3.39. The fourth-order valence-corrected chi connectivity index (χ4v) is 3.22. The van der Waals surface area contributed by atoms with E-state index in [-0.39, 0.29) is 5.41 Å². The van der Waals surface area contributed by atoms with Gasteiger partial charge in [0.15, 0.2) is 0 Å². The molecular formula is C13H23N3. The van der Waals surface area contributed by atoms with Crippen LogP contribution in [0, 0.1) is 5.41 Å². The number of imidazole rings is 1. The number of H-pyrrole nitrogens is 1. The lowest BCUT2D eigenvalue weighted by Crippen LogP contribution is -2.34. The number of nitrogens with one attached hydrogen (secondary N) is 2. The summed E-state index contributed by atoms with van der Waals surface area (Å²) in [6.45, 7) is 10.1. The second-order valence-corrected chi connectivity index (χ2v) is 6.44. The Bertz CT molecular complexity index is 388. The first-order valence-electron chi connectivity index (χ1n) is 6.07. The van der Waals surface area contributed by atoms with Crippen molar-refractivity contribution >= 4 is 0 Å². The van der Waals surface area contributed by atoms with Crippen LogP contribution in [0.5, 0.6) is 0 Å². The SMILES string of the molecule is CNCc1nc2c([nH]1)CC(C)(C)CC2(C)C. The highest BCUT2D eigenvalue weighted by molar-refractivity contribution is 5.28. The minimum Gasteiger partial charge on any atom is -0.345 e. The lowest BCUT2D eigenvalue weighted by Gasteiger charge is -2.39. The summed E-state index contributed by atoms with van der Waals surface area (Å²) in [5.41, 5.74) is 3.18. The van der Waals surface area contributed by atoms with Crippen molar-refractivity contribution in [3.8, 4) is 0 Å². The summed E-state index contributed by atoms with van der Waals surface area (Å²) in [5.74, 6) is 1.07. The summed E-state index contributed by atoms with van der Waals surface area (Å²) >= 11 is 0. The van der Waals surface area contributed by atoms with E-state index < -0.39 is 0 Å². The molecule has 0 aliphatic heterocycles. The van der Waals surface area contributed by atoms with Gasteiger partial charge < -0.3 is 10.3 Å². The highest BCUT2D eigenvalue weighted by Gasteiger charge is 2.39. The molecule has 1 aliphatic carbocycles. The molecule has 90 valence electrons. The molecule has 16 heavy (non-hydrogen) atoms. The summed E-state index contributed by atoms with van der Waals surface area (Å²) < 4.78 is 0. The van der Waals surface area contributed by atoms with Crippen molar-refractivity contribution in [2.24, 2.45) is 5.41 Å². The van der Waals surface area contributed by atoms with E-state index in [9.17, 15) is 0 Å². The van der Waals surface area contributed by atoms with Gasteiger partial charge in [0.25, 0.3) is 0 Å². The van der Waals surface area contributed by atoms with Gasteiger partial charge in [-0.1, -0.05) is 27.7 Å². The van der Waals surface area contributed by atoms with E-state index in [1.807, 2.05) is 7.05 Å². The quantitative estimate of drug-likeness (QED) is 0.805. The smallest absolute Gasteiger partial charge is 0.120 e. The fourth-order valence-electron chi connectivity index (χ4n) is 3.22. The monoisotopic (exact) mass is 221 g/mol. The first-order chi connectivity index (χ1) is 7.34. The van der Waals surface area contributed by atoms with Crippen molar-refractivity contribution < 1.29 is 0 Å². The van der Waals surface area contributed by atoms with E-state index in [4.69, 9.17) is 4.98 Å². The Hall–Kier alpha value is -0.830. The molecule has 0 spiro atoms. The second-order valence-electron chi connectivity index (χ2n) is 6.44. The maximum Gasteiger partial charge on any atom is 0.120 e. The van der Waals surface area contributed by atoms with Gasteiger partial charge in [-0.05, 0) is 25.3 Å². The largest absolute Gasteiger partial charge is 0.345 e. The Morgan fingerprint density at radius 3 is 2.62 bits per heavy atom. The third kappa shape index (κ3) is 2.01. The van der Waals surface area contributed by atoms with Crippen LogP contribution in [0.1, 0.15) is 51.3 Å². The molecule has 1 aromatic rings. The summed E-state index contributed by atoms with van der Waals surface area (Å²) in [6, 6.07) is 0. The van der Waals surface area contributed by atoms with E-state index >= 15 is 0 Å². The van der Waals surface area contributed by atoms with Crippen molar-refractivity contribution in [1.82, 2.24) is 15.3 Å². The summed E-state index contributed by atoms with van der Waals surface area (Å²) in [7, 11) is 1.95. The number of aromatic nitrogens is 2. The standard InChI is InChI=1S/C13H23N3/c1-12(2)6-9-11(13(3,4)8-12)16-10(15-9)7-14-5/h14H,6-8H2,1-5H3,(H,15,16). The zero-order valence-corrected chi connectivity index (χ0v) is 11.1. The van der Waals surface area contributed by atoms with Crippen molar-refractivity contribution in [3.05, 3.63) is 17.2 Å². The lowest BCUT2D eigenvalue weighted by atomic mass is 9.66. The molecule has 3 heteroatoms. The van der Waals surface area contributed by atoms with Crippen molar-refractivity contribution in [3.63, 3.8) is 0 Å². The second kappa shape index (κ2) is 3.59. The molecule has 0 saturated carbocycles. The predicted octanol–water partition coefficient (Wildman–Crippen LogP) is 2.38. The minimum absolute atomic E-state index is 0.194. The molecule has 0 radical (unpaired) electrons. The number of fused-ring (bicyclic) bond motifs is 1. The molecule has 0 atom stereocenters. The zero-order chi connectivity index (χ0) is 12.0. The van der Waals surface area contributed by atoms with Gasteiger partial charge in [-0.15, -0.1) is 0 Å². The molecule has 0 bridgehead atoms. The van der Waals surface area contributed by atoms with E-state index in [0.29, 0.717) is 5.41 Å². The fraction of sp³-hybridized carbons (Fsp3) is 0.769. The molecule has 0 saturated heterocycles. The highest BCUT2D eigenvalue weighted by atomic mass is 15.0. The Balaban J connectivity index is 2.40. The van der Waals surface area contributed by atoms with Crippen LogP contribution in [0.25, 0.3) is 0 Å². The van der Waals surface area contributed by atoms with Gasteiger partial charge in [-0.3, -0.25) is 0 Å². The molecule has 1 aromatic heterocycles. The zero-order valence-electron chi connectivity index (χ0n) is 11.1. The molecule has 2 rings (SSSR count). The number of rotatable bonds is 2. The maximum atomic E-state index is 4.74. The number of hydrogen-bond donors (Lipinski definition) is 2. The van der Waals surface area contributed by atoms with Crippen molar-refractivity contribution in [2.45, 2.75) is 52.5 Å². The van der Waals surface area contributed by atoms with Crippen LogP contribution < -0.4 is 5.32 Å². The highest BCUT2D eigenvalue weighted by Crippen LogP contribution is 2.44. The number of aromatic amines is 1. The van der Waals surface area contributed by atoms with Gasteiger partial charge >= 0.3 is 0 Å². The first kappa shape index (κ1) is 11.6.